The summed E-state index contributed by atoms with van der Waals surface area (Å²) in [7, 11) is 1.18. The molecule has 0 heterocycles. The maximum absolute atomic E-state index is 6.89. The Morgan fingerprint density at radius 2 is 2.36 bits per heavy atom. The quantitative estimate of drug-likeness (QED) is 0.417. The molecule has 1 aromatic carbocycles. The third kappa shape index (κ3) is 3.50. The molecule has 0 fully saturated rings. The van der Waals surface area contributed by atoms with Crippen molar-refractivity contribution < 1.29 is 4.18 Å². The van der Waals surface area contributed by atoms with Gasteiger partial charge in [-0.1, -0.05) is 29.8 Å². The highest BCUT2D eigenvalue weighted by atomic mass is 32.2. The highest BCUT2D eigenvalue weighted by Crippen LogP contribution is 2.21. The standard InChI is InChI=1S/C11H14BOS/c1-9(2)7-8-10-5-3-4-6-11(10)13-14-12/h3-7,12H,8H2,1-2H3/i12T. The van der Waals surface area contributed by atoms with E-state index < -0.39 is 0 Å². The number of hydrogen-bond donors (Lipinski definition) is 0. The van der Waals surface area contributed by atoms with Crippen molar-refractivity contribution in [2.75, 3.05) is 0 Å². The van der Waals surface area contributed by atoms with Crippen molar-refractivity contribution in [2.24, 2.45) is 0 Å². The molecular weight excluding hydrogens is 191 g/mol. The number of hydrogen-bond acceptors (Lipinski definition) is 2. The van der Waals surface area contributed by atoms with Gasteiger partial charge in [-0.05, 0) is 45.1 Å². The minimum absolute atomic E-state index is 0.837. The van der Waals surface area contributed by atoms with Gasteiger partial charge in [0.25, 0.3) is 0 Å². The molecule has 14 heavy (non-hydrogen) atoms. The lowest BCUT2D eigenvalue weighted by molar-refractivity contribution is 0.646. The fourth-order valence-corrected chi connectivity index (χ4v) is 1.39. The lowest BCUT2D eigenvalue weighted by atomic mass is 10.1. The van der Waals surface area contributed by atoms with Gasteiger partial charge in [0, 0.05) is 0 Å². The third-order valence-electron chi connectivity index (χ3n) is 1.84. The van der Waals surface area contributed by atoms with Gasteiger partial charge < -0.3 is 4.18 Å². The van der Waals surface area contributed by atoms with E-state index in [1.54, 1.807) is 0 Å². The van der Waals surface area contributed by atoms with E-state index in [0.717, 1.165) is 29.6 Å². The van der Waals surface area contributed by atoms with Crippen LogP contribution in [0.1, 0.15) is 19.4 Å². The van der Waals surface area contributed by atoms with Gasteiger partial charge in [0.05, 0.1) is 0 Å². The van der Waals surface area contributed by atoms with E-state index in [1.807, 2.05) is 24.3 Å². The smallest absolute Gasteiger partial charge is 0.227 e. The molecule has 1 aromatic rings. The summed E-state index contributed by atoms with van der Waals surface area (Å²) in [5.41, 5.74) is 2.44. The van der Waals surface area contributed by atoms with E-state index in [-0.39, 0.29) is 0 Å². The summed E-state index contributed by atoms with van der Waals surface area (Å²) in [4.78, 5) is 0. The van der Waals surface area contributed by atoms with Crippen LogP contribution in [0.15, 0.2) is 35.9 Å². The summed E-state index contributed by atoms with van der Waals surface area (Å²) in [5, 5.41) is 0. The van der Waals surface area contributed by atoms with Crippen LogP contribution in [-0.4, -0.2) is 8.42 Å². The van der Waals surface area contributed by atoms with Crippen LogP contribution in [0.5, 0.6) is 5.75 Å². The van der Waals surface area contributed by atoms with Crippen molar-refractivity contribution in [2.45, 2.75) is 20.3 Å². The van der Waals surface area contributed by atoms with Crippen LogP contribution in [-0.2, 0) is 6.42 Å². The lowest BCUT2D eigenvalue weighted by Gasteiger charge is -2.06. The van der Waals surface area contributed by atoms with E-state index in [1.165, 1.54) is 12.7 Å². The van der Waals surface area contributed by atoms with Gasteiger partial charge in [0.1, 0.15) is 5.75 Å². The molecule has 1 radical (unpaired) electrons. The van der Waals surface area contributed by atoms with Gasteiger partial charge in [0.15, 0.2) is 0 Å². The van der Waals surface area contributed by atoms with Gasteiger partial charge in [-0.15, -0.1) is 0 Å². The van der Waals surface area contributed by atoms with Gasteiger partial charge in [0.2, 0.25) is 7.09 Å². The van der Waals surface area contributed by atoms with Gasteiger partial charge in [-0.25, -0.2) is 0 Å². The Balaban J connectivity index is 2.72. The summed E-state index contributed by atoms with van der Waals surface area (Å²) in [6, 6.07) is 7.89. The van der Waals surface area contributed by atoms with Gasteiger partial charge in [-0.2, -0.15) is 0 Å². The number of allylic oxidation sites excluding steroid dienone is 2. The van der Waals surface area contributed by atoms with Crippen molar-refractivity contribution in [3.05, 3.63) is 41.5 Å². The highest BCUT2D eigenvalue weighted by Gasteiger charge is 2.00. The second-order valence-corrected chi connectivity index (χ2v) is 3.63. The Hall–Kier alpha value is -0.825. The molecule has 0 spiro atoms. The molecule has 0 aliphatic rings. The summed E-state index contributed by atoms with van der Waals surface area (Å²) >= 11 is 1.03. The van der Waals surface area contributed by atoms with Crippen molar-refractivity contribution in [3.8, 4) is 5.75 Å². The van der Waals surface area contributed by atoms with Crippen LogP contribution in [0.2, 0.25) is 0 Å². The minimum atomic E-state index is 0.837. The second kappa shape index (κ2) is 5.81. The zero-order chi connectivity index (χ0) is 11.1. The molecule has 0 atom stereocenters. The second-order valence-electron chi connectivity index (χ2n) is 3.27. The van der Waals surface area contributed by atoms with Gasteiger partial charge in [-0.3, -0.25) is 0 Å². The van der Waals surface area contributed by atoms with Crippen molar-refractivity contribution in [1.82, 2.24) is 0 Å². The molecule has 0 unspecified atom stereocenters. The molecule has 0 aliphatic carbocycles. The Morgan fingerprint density at radius 1 is 1.57 bits per heavy atom. The molecule has 0 aromatic heterocycles. The topological polar surface area (TPSA) is 9.23 Å². The van der Waals surface area contributed by atoms with E-state index in [4.69, 9.17) is 5.52 Å². The maximum atomic E-state index is 6.89. The Bertz CT molecular complexity index is 337. The number of para-hydroxylation sites is 1. The summed E-state index contributed by atoms with van der Waals surface area (Å²) in [6.45, 7) is 4.16. The van der Waals surface area contributed by atoms with Crippen LogP contribution in [0, 0.1) is 0 Å². The molecule has 0 saturated heterocycles. The molecule has 0 amide bonds. The first-order valence-electron chi connectivity index (χ1n) is 5.06. The molecule has 73 valence electrons. The first kappa shape index (κ1) is 9.72. The highest BCUT2D eigenvalue weighted by molar-refractivity contribution is 8.16. The Kier molecular flexibility index (Phi) is 4.03. The average Bonchev–Trinajstić information content (AvgIpc) is 2.24. The average molecular weight is 207 g/mol. The van der Waals surface area contributed by atoms with E-state index in [0.29, 0.717) is 0 Å². The molecule has 0 bridgehead atoms. The van der Waals surface area contributed by atoms with E-state index >= 15 is 0 Å². The molecule has 0 saturated carbocycles. The fourth-order valence-electron chi connectivity index (χ4n) is 1.12. The van der Waals surface area contributed by atoms with E-state index in [2.05, 4.69) is 19.9 Å². The van der Waals surface area contributed by atoms with E-state index in [9.17, 15) is 0 Å². The Morgan fingerprint density at radius 3 is 3.07 bits per heavy atom. The van der Waals surface area contributed by atoms with Crippen LogP contribution in [0.25, 0.3) is 0 Å². The SMILES string of the molecule is [3H][B]SOc1ccccc1CC=C(C)C. The van der Waals surface area contributed by atoms with Crippen LogP contribution in [0.4, 0.5) is 0 Å². The molecule has 1 rings (SSSR count). The predicted octanol–water partition coefficient (Wildman–Crippen LogP) is 3.04. The molecule has 1 nitrogen and oxygen atoms in total. The number of benzene rings is 1. The largest absolute Gasteiger partial charge is 0.439 e. The molecular formula is C11H14BOS. The fraction of sp³-hybridized carbons (Fsp3) is 0.273. The summed E-state index contributed by atoms with van der Waals surface area (Å²) in [6.07, 6.45) is 3.04. The van der Waals surface area contributed by atoms with Crippen molar-refractivity contribution in [3.63, 3.8) is 0 Å². The molecule has 0 aliphatic heterocycles. The monoisotopic (exact) mass is 207 g/mol. The lowest BCUT2D eigenvalue weighted by Crippen LogP contribution is -1.88. The molecule has 3 heteroatoms. The first-order valence-corrected chi connectivity index (χ1v) is 5.29. The summed E-state index contributed by atoms with van der Waals surface area (Å²) < 4.78 is 12.3. The zero-order valence-corrected chi connectivity index (χ0v) is 9.30. The van der Waals surface area contributed by atoms with Crippen LogP contribution < -0.4 is 4.18 Å². The predicted molar refractivity (Wildman–Crippen MR) is 64.9 cm³/mol. The maximum Gasteiger partial charge on any atom is 0.227 e. The zero-order valence-electron chi connectivity index (χ0n) is 9.49. The summed E-state index contributed by atoms with van der Waals surface area (Å²) in [5.74, 6) is 0.837. The Labute approximate surface area is 92.4 Å². The third-order valence-corrected chi connectivity index (χ3v) is 2.12. The number of rotatable bonds is 5. The van der Waals surface area contributed by atoms with Crippen molar-refractivity contribution in [1.29, 1.82) is 1.34 Å². The first-order chi connectivity index (χ1) is 7.24. The van der Waals surface area contributed by atoms with Gasteiger partial charge >= 0.3 is 0 Å². The minimum Gasteiger partial charge on any atom is -0.439 e. The van der Waals surface area contributed by atoms with Crippen LogP contribution >= 0.6 is 11.9 Å². The van der Waals surface area contributed by atoms with Crippen LogP contribution in [0.3, 0.4) is 0 Å². The normalized spacial score (nSPS) is 10.3. The van der Waals surface area contributed by atoms with Crippen molar-refractivity contribution >= 4 is 19.0 Å². The molecule has 0 N–H and O–H groups in total.